The number of aliphatic carboxylic acids is 1. The van der Waals surface area contributed by atoms with Crippen LogP contribution in [0.15, 0.2) is 23.0 Å². The van der Waals surface area contributed by atoms with E-state index in [9.17, 15) is 14.4 Å². The number of rotatable bonds is 6. The molecule has 1 atom stereocenters. The first-order valence-corrected chi connectivity index (χ1v) is 9.04. The summed E-state index contributed by atoms with van der Waals surface area (Å²) in [5.41, 5.74) is 1.12. The standard InChI is InChI=1S/C18H23N5O5/c1-12-7-19-23(8-12)10-14-6-15(20-28-14)17(25)21(2)11-16(24)22-5-3-4-13(9-22)18(26)27/h6-8,13H,3-5,9-11H2,1-2H3,(H,26,27). The molecule has 2 aromatic rings. The van der Waals surface area contributed by atoms with Crippen molar-refractivity contribution in [3.05, 3.63) is 35.5 Å². The largest absolute Gasteiger partial charge is 0.481 e. The Balaban J connectivity index is 1.57. The van der Waals surface area contributed by atoms with Crippen LogP contribution in [0.4, 0.5) is 0 Å². The summed E-state index contributed by atoms with van der Waals surface area (Å²) < 4.78 is 6.87. The molecular formula is C18H23N5O5. The highest BCUT2D eigenvalue weighted by Crippen LogP contribution is 2.17. The van der Waals surface area contributed by atoms with Crippen LogP contribution in [0.5, 0.6) is 0 Å². The Morgan fingerprint density at radius 2 is 2.18 bits per heavy atom. The lowest BCUT2D eigenvalue weighted by Gasteiger charge is -2.31. The van der Waals surface area contributed by atoms with Crippen LogP contribution in [0.3, 0.4) is 0 Å². The molecule has 0 bridgehead atoms. The number of carbonyl (C=O) groups is 3. The number of hydrogen-bond acceptors (Lipinski definition) is 6. The zero-order chi connectivity index (χ0) is 20.3. The molecule has 1 aliphatic heterocycles. The van der Waals surface area contributed by atoms with Crippen LogP contribution < -0.4 is 0 Å². The van der Waals surface area contributed by atoms with Gasteiger partial charge in [-0.15, -0.1) is 0 Å². The first-order valence-electron chi connectivity index (χ1n) is 9.04. The van der Waals surface area contributed by atoms with E-state index in [1.54, 1.807) is 10.9 Å². The normalized spacial score (nSPS) is 16.8. The summed E-state index contributed by atoms with van der Waals surface area (Å²) in [4.78, 5) is 38.9. The molecule has 10 nitrogen and oxygen atoms in total. The average molecular weight is 389 g/mol. The zero-order valence-electron chi connectivity index (χ0n) is 15.9. The summed E-state index contributed by atoms with van der Waals surface area (Å²) in [5.74, 6) is -1.69. The predicted octanol–water partition coefficient (Wildman–Crippen LogP) is 0.623. The van der Waals surface area contributed by atoms with E-state index in [1.165, 1.54) is 22.9 Å². The van der Waals surface area contributed by atoms with Gasteiger partial charge in [-0.05, 0) is 25.3 Å². The Bertz CT molecular complexity index is 873. The second-order valence-electron chi connectivity index (χ2n) is 7.07. The van der Waals surface area contributed by atoms with Gasteiger partial charge in [0.1, 0.15) is 6.54 Å². The number of amides is 2. The number of carbonyl (C=O) groups excluding carboxylic acids is 2. The number of aromatic nitrogens is 3. The maximum absolute atomic E-state index is 12.5. The monoisotopic (exact) mass is 389 g/mol. The molecule has 28 heavy (non-hydrogen) atoms. The summed E-state index contributed by atoms with van der Waals surface area (Å²) in [6.45, 7) is 2.80. The molecule has 1 aliphatic rings. The predicted molar refractivity (Wildman–Crippen MR) is 96.5 cm³/mol. The van der Waals surface area contributed by atoms with Crippen LogP contribution in [-0.2, 0) is 16.1 Å². The molecule has 0 aromatic carbocycles. The van der Waals surface area contributed by atoms with Gasteiger partial charge in [-0.1, -0.05) is 5.16 Å². The van der Waals surface area contributed by atoms with E-state index >= 15 is 0 Å². The fourth-order valence-corrected chi connectivity index (χ4v) is 3.18. The third kappa shape index (κ3) is 4.56. The second-order valence-corrected chi connectivity index (χ2v) is 7.07. The molecule has 1 saturated heterocycles. The molecule has 2 aromatic heterocycles. The van der Waals surface area contributed by atoms with Crippen molar-refractivity contribution >= 4 is 17.8 Å². The number of aryl methyl sites for hydroxylation is 1. The van der Waals surface area contributed by atoms with Crippen molar-refractivity contribution in [2.24, 2.45) is 5.92 Å². The topological polar surface area (TPSA) is 122 Å². The second kappa shape index (κ2) is 8.24. The minimum Gasteiger partial charge on any atom is -0.481 e. The number of likely N-dealkylation sites (N-methyl/N-ethyl adjacent to an activating group) is 1. The van der Waals surface area contributed by atoms with E-state index in [0.29, 0.717) is 31.7 Å². The highest BCUT2D eigenvalue weighted by Gasteiger charge is 2.29. The lowest BCUT2D eigenvalue weighted by atomic mass is 9.98. The van der Waals surface area contributed by atoms with Gasteiger partial charge in [0.2, 0.25) is 5.91 Å². The molecule has 2 amide bonds. The fourth-order valence-electron chi connectivity index (χ4n) is 3.18. The molecule has 1 fully saturated rings. The Hall–Kier alpha value is -3.17. The molecule has 0 saturated carbocycles. The van der Waals surface area contributed by atoms with Gasteiger partial charge < -0.3 is 19.4 Å². The molecule has 1 N–H and O–H groups in total. The van der Waals surface area contributed by atoms with Gasteiger partial charge in [0.25, 0.3) is 5.91 Å². The third-order valence-electron chi connectivity index (χ3n) is 4.70. The summed E-state index contributed by atoms with van der Waals surface area (Å²) in [7, 11) is 1.50. The van der Waals surface area contributed by atoms with Crippen molar-refractivity contribution < 1.29 is 24.0 Å². The quantitative estimate of drug-likeness (QED) is 0.768. The average Bonchev–Trinajstić information content (AvgIpc) is 3.30. The Morgan fingerprint density at radius 1 is 1.39 bits per heavy atom. The fraction of sp³-hybridized carbons (Fsp3) is 0.500. The number of likely N-dealkylation sites (tertiary alicyclic amines) is 1. The van der Waals surface area contributed by atoms with Gasteiger partial charge in [0.15, 0.2) is 11.5 Å². The van der Waals surface area contributed by atoms with E-state index < -0.39 is 17.8 Å². The van der Waals surface area contributed by atoms with E-state index in [2.05, 4.69) is 10.3 Å². The molecular weight excluding hydrogens is 366 g/mol. The number of carboxylic acid groups (broad SMARTS) is 1. The van der Waals surface area contributed by atoms with Crippen molar-refractivity contribution in [1.29, 1.82) is 0 Å². The van der Waals surface area contributed by atoms with Gasteiger partial charge in [0.05, 0.1) is 18.7 Å². The Morgan fingerprint density at radius 3 is 2.86 bits per heavy atom. The summed E-state index contributed by atoms with van der Waals surface area (Å²) >= 11 is 0. The molecule has 3 heterocycles. The van der Waals surface area contributed by atoms with Gasteiger partial charge in [-0.25, -0.2) is 0 Å². The minimum atomic E-state index is -0.899. The maximum atomic E-state index is 12.5. The highest BCUT2D eigenvalue weighted by atomic mass is 16.5. The van der Waals surface area contributed by atoms with E-state index in [1.807, 2.05) is 13.1 Å². The van der Waals surface area contributed by atoms with Crippen molar-refractivity contribution in [3.8, 4) is 0 Å². The smallest absolute Gasteiger partial charge is 0.308 e. The first-order chi connectivity index (χ1) is 13.3. The van der Waals surface area contributed by atoms with Crippen LogP contribution in [0.1, 0.15) is 34.7 Å². The summed E-state index contributed by atoms with van der Waals surface area (Å²) in [6, 6.07) is 1.53. The number of carboxylic acids is 1. The third-order valence-corrected chi connectivity index (χ3v) is 4.70. The lowest BCUT2D eigenvalue weighted by Crippen LogP contribution is -2.46. The summed E-state index contributed by atoms with van der Waals surface area (Å²) in [5, 5.41) is 17.1. The molecule has 0 spiro atoms. The summed E-state index contributed by atoms with van der Waals surface area (Å²) in [6.07, 6.45) is 4.76. The van der Waals surface area contributed by atoms with Gasteiger partial charge in [0, 0.05) is 32.4 Å². The minimum absolute atomic E-state index is 0.108. The van der Waals surface area contributed by atoms with Crippen molar-refractivity contribution in [3.63, 3.8) is 0 Å². The van der Waals surface area contributed by atoms with Crippen LogP contribution in [0.2, 0.25) is 0 Å². The highest BCUT2D eigenvalue weighted by molar-refractivity contribution is 5.94. The lowest BCUT2D eigenvalue weighted by molar-refractivity contribution is -0.145. The van der Waals surface area contributed by atoms with Crippen molar-refractivity contribution in [2.45, 2.75) is 26.3 Å². The van der Waals surface area contributed by atoms with Gasteiger partial charge in [-0.3, -0.25) is 19.1 Å². The number of nitrogens with zero attached hydrogens (tertiary/aromatic N) is 5. The maximum Gasteiger partial charge on any atom is 0.308 e. The van der Waals surface area contributed by atoms with Crippen LogP contribution in [-0.4, -0.2) is 74.3 Å². The Kier molecular flexibility index (Phi) is 5.76. The van der Waals surface area contributed by atoms with Gasteiger partial charge in [-0.2, -0.15) is 5.10 Å². The van der Waals surface area contributed by atoms with Crippen LogP contribution in [0, 0.1) is 12.8 Å². The number of hydrogen-bond donors (Lipinski definition) is 1. The molecule has 10 heteroatoms. The molecule has 0 radical (unpaired) electrons. The van der Waals surface area contributed by atoms with E-state index in [-0.39, 0.29) is 24.7 Å². The van der Waals surface area contributed by atoms with Crippen LogP contribution in [0.25, 0.3) is 0 Å². The SMILES string of the molecule is Cc1cnn(Cc2cc(C(=O)N(C)CC(=O)N3CCCC(C(=O)O)C3)no2)c1. The molecule has 3 rings (SSSR count). The van der Waals surface area contributed by atoms with E-state index in [0.717, 1.165) is 5.56 Å². The van der Waals surface area contributed by atoms with Crippen LogP contribution >= 0.6 is 0 Å². The number of piperidine rings is 1. The first kappa shape index (κ1) is 19.6. The van der Waals surface area contributed by atoms with E-state index in [4.69, 9.17) is 9.63 Å². The Labute approximate surface area is 161 Å². The molecule has 0 aliphatic carbocycles. The van der Waals surface area contributed by atoms with Crippen molar-refractivity contribution in [1.82, 2.24) is 24.7 Å². The van der Waals surface area contributed by atoms with Gasteiger partial charge >= 0.3 is 5.97 Å². The zero-order valence-corrected chi connectivity index (χ0v) is 15.9. The molecule has 150 valence electrons. The molecule has 1 unspecified atom stereocenters. The van der Waals surface area contributed by atoms with Crippen molar-refractivity contribution in [2.75, 3.05) is 26.7 Å².